The van der Waals surface area contributed by atoms with Crippen LogP contribution in [0, 0.1) is 0 Å². The van der Waals surface area contributed by atoms with Gasteiger partial charge in [0, 0.05) is 12.1 Å². The van der Waals surface area contributed by atoms with Crippen molar-refractivity contribution in [2.24, 2.45) is 0 Å². The van der Waals surface area contributed by atoms with Crippen LogP contribution in [-0.4, -0.2) is 18.1 Å². The molecule has 0 bridgehead atoms. The smallest absolute Gasteiger partial charge is 0.294 e. The topological polar surface area (TPSA) is 83.8 Å². The highest BCUT2D eigenvalue weighted by atomic mass is 32.2. The quantitative estimate of drug-likeness (QED) is 0.328. The van der Waals surface area contributed by atoms with E-state index >= 15 is 0 Å². The first-order chi connectivity index (χ1) is 13.4. The van der Waals surface area contributed by atoms with Crippen LogP contribution >= 0.6 is 0 Å². The number of benzene rings is 2. The molecule has 0 amide bonds. The second-order valence-electron chi connectivity index (χ2n) is 7.11. The van der Waals surface area contributed by atoms with Gasteiger partial charge in [0.05, 0.1) is 4.90 Å². The van der Waals surface area contributed by atoms with Crippen molar-refractivity contribution in [3.05, 3.63) is 48.0 Å². The Labute approximate surface area is 168 Å². The molecule has 0 saturated heterocycles. The first-order valence-corrected chi connectivity index (χ1v) is 11.4. The molecule has 0 radical (unpaired) electrons. The summed E-state index contributed by atoms with van der Waals surface area (Å²) in [6, 6.07) is 10.8. The molecule has 0 fully saturated rings. The molecule has 28 heavy (non-hydrogen) atoms. The minimum atomic E-state index is -4.33. The van der Waals surface area contributed by atoms with E-state index in [9.17, 15) is 18.1 Å². The number of aryl methyl sites for hydroxylation is 1. The van der Waals surface area contributed by atoms with Crippen molar-refractivity contribution in [1.82, 2.24) is 0 Å². The lowest BCUT2D eigenvalue weighted by atomic mass is 10.0. The minimum Gasteiger partial charge on any atom is -0.508 e. The molecule has 0 unspecified atom stereocenters. The Bertz CT molecular complexity index is 846. The molecule has 0 heterocycles. The van der Waals surface area contributed by atoms with Crippen molar-refractivity contribution < 1.29 is 22.8 Å². The van der Waals surface area contributed by atoms with Crippen LogP contribution in [0.5, 0.6) is 17.2 Å². The highest BCUT2D eigenvalue weighted by Gasteiger charge is 2.13. The highest BCUT2D eigenvalue weighted by Crippen LogP contribution is 2.28. The molecule has 0 aliphatic carbocycles. The molecule has 2 N–H and O–H groups in total. The Hall–Kier alpha value is -2.05. The molecule has 0 spiro atoms. The maximum Gasteiger partial charge on any atom is 0.294 e. The average Bonchev–Trinajstić information content (AvgIpc) is 2.63. The number of rotatable bonds is 12. The molecule has 2 aromatic carbocycles. The lowest BCUT2D eigenvalue weighted by Gasteiger charge is -2.10. The van der Waals surface area contributed by atoms with Crippen LogP contribution in [0.2, 0.25) is 0 Å². The maximum absolute atomic E-state index is 11.6. The Morgan fingerprint density at radius 1 is 0.857 bits per heavy atom. The lowest BCUT2D eigenvalue weighted by Crippen LogP contribution is -2.00. The SMILES string of the molecule is CCCCCCCCCCc1cc(Oc2cccc(O)c2)cc(S(=O)(=O)O)c1. The summed E-state index contributed by atoms with van der Waals surface area (Å²) in [5.41, 5.74) is 0.802. The maximum atomic E-state index is 11.6. The fraction of sp³-hybridized carbons (Fsp3) is 0.455. The van der Waals surface area contributed by atoms with E-state index in [0.717, 1.165) is 18.4 Å². The molecule has 0 saturated carbocycles. The molecule has 6 heteroatoms. The zero-order chi connectivity index (χ0) is 20.4. The lowest BCUT2D eigenvalue weighted by molar-refractivity contribution is 0.452. The van der Waals surface area contributed by atoms with E-state index in [1.807, 2.05) is 0 Å². The summed E-state index contributed by atoms with van der Waals surface area (Å²) in [6.45, 7) is 2.21. The molecule has 2 rings (SSSR count). The van der Waals surface area contributed by atoms with E-state index in [1.165, 1.54) is 62.8 Å². The van der Waals surface area contributed by atoms with Gasteiger partial charge in [-0.3, -0.25) is 4.55 Å². The molecule has 0 aliphatic rings. The van der Waals surface area contributed by atoms with E-state index in [0.29, 0.717) is 17.9 Å². The zero-order valence-corrected chi connectivity index (χ0v) is 17.2. The summed E-state index contributed by atoms with van der Waals surface area (Å²) in [4.78, 5) is -0.181. The van der Waals surface area contributed by atoms with Crippen LogP contribution in [0.15, 0.2) is 47.4 Å². The van der Waals surface area contributed by atoms with Gasteiger partial charge in [-0.1, -0.05) is 57.9 Å². The number of ether oxygens (including phenoxy) is 1. The fourth-order valence-corrected chi connectivity index (χ4v) is 3.69. The number of unbranched alkanes of at least 4 members (excludes halogenated alkanes) is 7. The van der Waals surface area contributed by atoms with Crippen molar-refractivity contribution in [3.63, 3.8) is 0 Å². The predicted octanol–water partition coefficient (Wildman–Crippen LogP) is 6.11. The van der Waals surface area contributed by atoms with Gasteiger partial charge in [-0.05, 0) is 42.7 Å². The van der Waals surface area contributed by atoms with Crippen molar-refractivity contribution in [2.45, 2.75) is 69.6 Å². The monoisotopic (exact) mass is 406 g/mol. The second kappa shape index (κ2) is 11.1. The Morgan fingerprint density at radius 3 is 2.18 bits per heavy atom. The molecular formula is C22H30O5S. The molecule has 154 valence electrons. The molecule has 0 aromatic heterocycles. The second-order valence-corrected chi connectivity index (χ2v) is 8.53. The van der Waals surface area contributed by atoms with Crippen LogP contribution in [0.3, 0.4) is 0 Å². The zero-order valence-electron chi connectivity index (χ0n) is 16.4. The predicted molar refractivity (Wildman–Crippen MR) is 111 cm³/mol. The van der Waals surface area contributed by atoms with Crippen molar-refractivity contribution in [1.29, 1.82) is 0 Å². The van der Waals surface area contributed by atoms with Gasteiger partial charge in [0.25, 0.3) is 10.1 Å². The van der Waals surface area contributed by atoms with Crippen molar-refractivity contribution in [2.75, 3.05) is 0 Å². The van der Waals surface area contributed by atoms with Gasteiger partial charge in [0.15, 0.2) is 0 Å². The van der Waals surface area contributed by atoms with Gasteiger partial charge in [0.2, 0.25) is 0 Å². The molecule has 0 aliphatic heterocycles. The fourth-order valence-electron chi connectivity index (χ4n) is 3.13. The third-order valence-electron chi connectivity index (χ3n) is 4.61. The van der Waals surface area contributed by atoms with Crippen LogP contribution in [-0.2, 0) is 16.5 Å². The third-order valence-corrected chi connectivity index (χ3v) is 5.44. The summed E-state index contributed by atoms with van der Waals surface area (Å²) in [5, 5.41) is 9.55. The Morgan fingerprint density at radius 2 is 1.54 bits per heavy atom. The van der Waals surface area contributed by atoms with Gasteiger partial charge >= 0.3 is 0 Å². The summed E-state index contributed by atoms with van der Waals surface area (Å²) in [6.07, 6.45) is 10.3. The summed E-state index contributed by atoms with van der Waals surface area (Å²) in [5.74, 6) is 0.767. The molecule has 2 aromatic rings. The summed E-state index contributed by atoms with van der Waals surface area (Å²) in [7, 11) is -4.33. The van der Waals surface area contributed by atoms with Gasteiger partial charge in [-0.25, -0.2) is 0 Å². The largest absolute Gasteiger partial charge is 0.508 e. The normalized spacial score (nSPS) is 11.5. The van der Waals surface area contributed by atoms with Gasteiger partial charge < -0.3 is 9.84 Å². The molecular weight excluding hydrogens is 376 g/mol. The van der Waals surface area contributed by atoms with Crippen LogP contribution < -0.4 is 4.74 Å². The van der Waals surface area contributed by atoms with E-state index in [1.54, 1.807) is 18.2 Å². The van der Waals surface area contributed by atoms with Crippen LogP contribution in [0.4, 0.5) is 0 Å². The summed E-state index contributed by atoms with van der Waals surface area (Å²) >= 11 is 0. The summed E-state index contributed by atoms with van der Waals surface area (Å²) < 4.78 is 38.3. The van der Waals surface area contributed by atoms with Crippen LogP contribution in [0.1, 0.15) is 63.9 Å². The van der Waals surface area contributed by atoms with E-state index in [-0.39, 0.29) is 10.6 Å². The van der Waals surface area contributed by atoms with E-state index in [4.69, 9.17) is 4.74 Å². The average molecular weight is 407 g/mol. The van der Waals surface area contributed by atoms with Crippen molar-refractivity contribution >= 4 is 10.1 Å². The number of phenols is 1. The van der Waals surface area contributed by atoms with Crippen LogP contribution in [0.25, 0.3) is 0 Å². The highest BCUT2D eigenvalue weighted by molar-refractivity contribution is 7.85. The number of aromatic hydroxyl groups is 1. The third kappa shape index (κ3) is 7.90. The Kier molecular flexibility index (Phi) is 8.80. The standard InChI is InChI=1S/C22H30O5S/c1-2-3-4-5-6-7-8-9-11-18-14-21(17-22(15-18)28(24,25)26)27-20-13-10-12-19(23)16-20/h10,12-17,23H,2-9,11H2,1H3,(H,24,25,26). The first kappa shape index (κ1) is 22.2. The minimum absolute atomic E-state index is 0.0580. The van der Waals surface area contributed by atoms with E-state index in [2.05, 4.69) is 6.92 Å². The van der Waals surface area contributed by atoms with Gasteiger partial charge in [-0.2, -0.15) is 8.42 Å². The Balaban J connectivity index is 1.99. The van der Waals surface area contributed by atoms with Gasteiger partial charge in [-0.15, -0.1) is 0 Å². The van der Waals surface area contributed by atoms with E-state index < -0.39 is 10.1 Å². The number of hydrogen-bond donors (Lipinski definition) is 2. The molecule has 5 nitrogen and oxygen atoms in total. The van der Waals surface area contributed by atoms with Gasteiger partial charge in [0.1, 0.15) is 17.2 Å². The first-order valence-electron chi connectivity index (χ1n) is 9.97. The van der Waals surface area contributed by atoms with Crippen molar-refractivity contribution in [3.8, 4) is 17.2 Å². The number of phenolic OH excluding ortho intramolecular Hbond substituents is 1. The molecule has 0 atom stereocenters. The number of hydrogen-bond acceptors (Lipinski definition) is 4.